The van der Waals surface area contributed by atoms with E-state index in [1.54, 1.807) is 0 Å². The van der Waals surface area contributed by atoms with Crippen LogP contribution in [0.5, 0.6) is 0 Å². The Balaban J connectivity index is 0.00000180. The van der Waals surface area contributed by atoms with Crippen LogP contribution in [0.3, 0.4) is 0 Å². The average molecular weight is 402 g/mol. The van der Waals surface area contributed by atoms with Gasteiger partial charge in [-0.05, 0) is 25.2 Å². The first kappa shape index (κ1) is 17.0. The van der Waals surface area contributed by atoms with Crippen LogP contribution in [0.15, 0.2) is 4.99 Å². The van der Waals surface area contributed by atoms with Crippen LogP contribution in [0.25, 0.3) is 0 Å². The van der Waals surface area contributed by atoms with E-state index in [1.807, 2.05) is 0 Å². The van der Waals surface area contributed by atoms with Gasteiger partial charge in [0.2, 0.25) is 10.0 Å². The molecule has 0 unspecified atom stereocenters. The van der Waals surface area contributed by atoms with Crippen molar-refractivity contribution in [2.45, 2.75) is 25.7 Å². The zero-order chi connectivity index (χ0) is 12.8. The lowest BCUT2D eigenvalue weighted by molar-refractivity contribution is 0.316. The van der Waals surface area contributed by atoms with Gasteiger partial charge in [0.05, 0.1) is 5.75 Å². The summed E-state index contributed by atoms with van der Waals surface area (Å²) >= 11 is 0. The van der Waals surface area contributed by atoms with Gasteiger partial charge in [-0.1, -0.05) is 6.42 Å². The fourth-order valence-corrected chi connectivity index (χ4v) is 2.97. The Bertz CT molecular complexity index is 395. The van der Waals surface area contributed by atoms with Crippen LogP contribution in [-0.2, 0) is 10.0 Å². The molecule has 1 heterocycles. The molecule has 112 valence electrons. The van der Waals surface area contributed by atoms with Gasteiger partial charge in [0, 0.05) is 26.2 Å². The molecule has 1 saturated carbocycles. The number of nitrogens with zero attached hydrogens (tertiary/aromatic N) is 1. The summed E-state index contributed by atoms with van der Waals surface area (Å²) in [5.41, 5.74) is 0. The Kier molecular flexibility index (Phi) is 7.37. The van der Waals surface area contributed by atoms with Gasteiger partial charge in [-0.3, -0.25) is 4.99 Å². The van der Waals surface area contributed by atoms with E-state index in [2.05, 4.69) is 20.3 Å². The first-order valence-corrected chi connectivity index (χ1v) is 8.30. The SMILES string of the molecule is I.O=S(=O)(CCNC1=NCCCN1)NCC1CCC1. The maximum absolute atomic E-state index is 11.7. The van der Waals surface area contributed by atoms with Crippen LogP contribution in [0.2, 0.25) is 0 Å². The minimum absolute atomic E-state index is 0. The monoisotopic (exact) mass is 402 g/mol. The Morgan fingerprint density at radius 1 is 1.32 bits per heavy atom. The number of halogens is 1. The number of sulfonamides is 1. The van der Waals surface area contributed by atoms with Crippen molar-refractivity contribution < 1.29 is 8.42 Å². The third-order valence-electron chi connectivity index (χ3n) is 3.38. The summed E-state index contributed by atoms with van der Waals surface area (Å²) in [7, 11) is -3.15. The van der Waals surface area contributed by atoms with Crippen molar-refractivity contribution in [1.29, 1.82) is 0 Å². The molecule has 0 atom stereocenters. The zero-order valence-electron chi connectivity index (χ0n) is 11.0. The maximum Gasteiger partial charge on any atom is 0.213 e. The molecule has 2 rings (SSSR count). The van der Waals surface area contributed by atoms with Crippen molar-refractivity contribution in [3.05, 3.63) is 0 Å². The molecule has 0 aromatic rings. The summed E-state index contributed by atoms with van der Waals surface area (Å²) in [4.78, 5) is 4.22. The molecule has 0 amide bonds. The van der Waals surface area contributed by atoms with Crippen LogP contribution in [-0.4, -0.2) is 46.3 Å². The lowest BCUT2D eigenvalue weighted by Gasteiger charge is -2.25. The Labute approximate surface area is 132 Å². The van der Waals surface area contributed by atoms with Crippen LogP contribution in [0.4, 0.5) is 0 Å². The predicted octanol–water partition coefficient (Wildman–Crippen LogP) is 0.263. The molecule has 8 heteroatoms. The number of guanidine groups is 1. The van der Waals surface area contributed by atoms with E-state index in [-0.39, 0.29) is 29.7 Å². The third kappa shape index (κ3) is 6.26. The predicted molar refractivity (Wildman–Crippen MR) is 87.5 cm³/mol. The largest absolute Gasteiger partial charge is 0.356 e. The van der Waals surface area contributed by atoms with Crippen LogP contribution in [0.1, 0.15) is 25.7 Å². The number of rotatable bonds is 6. The van der Waals surface area contributed by atoms with Crippen LogP contribution < -0.4 is 15.4 Å². The van der Waals surface area contributed by atoms with E-state index in [4.69, 9.17) is 0 Å². The minimum atomic E-state index is -3.15. The second-order valence-corrected chi connectivity index (χ2v) is 6.83. The van der Waals surface area contributed by atoms with E-state index in [9.17, 15) is 8.42 Å². The highest BCUT2D eigenvalue weighted by Crippen LogP contribution is 2.25. The van der Waals surface area contributed by atoms with Gasteiger partial charge in [-0.25, -0.2) is 13.1 Å². The summed E-state index contributed by atoms with van der Waals surface area (Å²) in [5.74, 6) is 1.37. The Hall–Kier alpha value is -0.0900. The van der Waals surface area contributed by atoms with Crippen LogP contribution in [0, 0.1) is 5.92 Å². The minimum Gasteiger partial charge on any atom is -0.356 e. The van der Waals surface area contributed by atoms with E-state index in [0.29, 0.717) is 19.0 Å². The van der Waals surface area contributed by atoms with Gasteiger partial charge in [-0.2, -0.15) is 0 Å². The van der Waals surface area contributed by atoms with Gasteiger partial charge >= 0.3 is 0 Å². The first-order chi connectivity index (χ1) is 8.66. The molecule has 1 aliphatic carbocycles. The molecule has 0 radical (unpaired) electrons. The second-order valence-electron chi connectivity index (χ2n) is 4.90. The second kappa shape index (κ2) is 8.25. The van der Waals surface area contributed by atoms with Crippen molar-refractivity contribution in [2.24, 2.45) is 10.9 Å². The van der Waals surface area contributed by atoms with Crippen molar-refractivity contribution >= 4 is 40.0 Å². The van der Waals surface area contributed by atoms with E-state index >= 15 is 0 Å². The lowest BCUT2D eigenvalue weighted by atomic mass is 9.86. The van der Waals surface area contributed by atoms with Crippen LogP contribution >= 0.6 is 24.0 Å². The highest BCUT2D eigenvalue weighted by atomic mass is 127. The van der Waals surface area contributed by atoms with E-state index in [1.165, 1.54) is 6.42 Å². The third-order valence-corrected chi connectivity index (χ3v) is 4.73. The molecule has 0 saturated heterocycles. The summed E-state index contributed by atoms with van der Waals surface area (Å²) in [6, 6.07) is 0. The smallest absolute Gasteiger partial charge is 0.213 e. The summed E-state index contributed by atoms with van der Waals surface area (Å²) in [5, 5.41) is 6.11. The number of hydrogen-bond donors (Lipinski definition) is 3. The molecular weight excluding hydrogens is 379 g/mol. The van der Waals surface area contributed by atoms with Crippen molar-refractivity contribution in [3.8, 4) is 0 Å². The standard InChI is InChI=1S/C11H22N4O2S.HI/c16-18(17,15-9-10-3-1-4-10)8-7-14-11-12-5-2-6-13-11;/h10,15H,1-9H2,(H2,12,13,14);1H. The Morgan fingerprint density at radius 3 is 2.68 bits per heavy atom. The molecule has 3 N–H and O–H groups in total. The number of aliphatic imine (C=N–C) groups is 1. The van der Waals surface area contributed by atoms with Gasteiger partial charge in [0.1, 0.15) is 0 Å². The molecule has 0 bridgehead atoms. The molecule has 19 heavy (non-hydrogen) atoms. The molecular formula is C11H23IN4O2S. The first-order valence-electron chi connectivity index (χ1n) is 6.65. The number of nitrogens with one attached hydrogen (secondary N) is 3. The van der Waals surface area contributed by atoms with Gasteiger partial charge in [0.25, 0.3) is 0 Å². The number of hydrogen-bond acceptors (Lipinski definition) is 5. The normalized spacial score (nSPS) is 19.7. The maximum atomic E-state index is 11.7. The van der Waals surface area contributed by atoms with Crippen molar-refractivity contribution in [2.75, 3.05) is 31.9 Å². The molecule has 2 aliphatic rings. The van der Waals surface area contributed by atoms with Gasteiger partial charge < -0.3 is 10.6 Å². The molecule has 1 fully saturated rings. The summed E-state index contributed by atoms with van der Waals surface area (Å²) in [6.45, 7) is 2.70. The van der Waals surface area contributed by atoms with Gasteiger partial charge in [-0.15, -0.1) is 24.0 Å². The summed E-state index contributed by atoms with van der Waals surface area (Å²) in [6.07, 6.45) is 4.58. The molecule has 0 aromatic carbocycles. The van der Waals surface area contributed by atoms with E-state index < -0.39 is 10.0 Å². The summed E-state index contributed by atoms with van der Waals surface area (Å²) < 4.78 is 26.1. The fourth-order valence-electron chi connectivity index (χ4n) is 1.97. The Morgan fingerprint density at radius 2 is 2.11 bits per heavy atom. The van der Waals surface area contributed by atoms with E-state index in [0.717, 1.165) is 38.3 Å². The topological polar surface area (TPSA) is 82.6 Å². The van der Waals surface area contributed by atoms with Crippen molar-refractivity contribution in [1.82, 2.24) is 15.4 Å². The molecule has 0 spiro atoms. The molecule has 6 nitrogen and oxygen atoms in total. The quantitative estimate of drug-likeness (QED) is 0.557. The highest BCUT2D eigenvalue weighted by molar-refractivity contribution is 14.0. The lowest BCUT2D eigenvalue weighted by Crippen LogP contribution is -2.44. The van der Waals surface area contributed by atoms with Crippen molar-refractivity contribution in [3.63, 3.8) is 0 Å². The fraction of sp³-hybridized carbons (Fsp3) is 0.909. The zero-order valence-corrected chi connectivity index (χ0v) is 14.2. The van der Waals surface area contributed by atoms with Gasteiger partial charge in [0.15, 0.2) is 5.96 Å². The highest BCUT2D eigenvalue weighted by Gasteiger charge is 2.20. The molecule has 1 aliphatic heterocycles. The average Bonchev–Trinajstić information content (AvgIpc) is 2.28. The molecule has 0 aromatic heterocycles.